The zero-order valence-corrected chi connectivity index (χ0v) is 14.0. The molecule has 0 bridgehead atoms. The van der Waals surface area contributed by atoms with Crippen molar-refractivity contribution in [2.24, 2.45) is 0 Å². The fraction of sp³-hybridized carbons (Fsp3) is 0.625. The molecule has 0 heterocycles. The molecule has 5 heteroatoms. The molecule has 1 saturated carbocycles. The highest BCUT2D eigenvalue weighted by atomic mass is 32.2. The van der Waals surface area contributed by atoms with E-state index in [1.54, 1.807) is 6.07 Å². The van der Waals surface area contributed by atoms with Crippen molar-refractivity contribution in [2.75, 3.05) is 0 Å². The highest BCUT2D eigenvalue weighted by Crippen LogP contribution is 2.23. The van der Waals surface area contributed by atoms with E-state index < -0.39 is 10.0 Å². The Balaban J connectivity index is 2.20. The van der Waals surface area contributed by atoms with Crippen LogP contribution in [-0.2, 0) is 16.6 Å². The average molecular weight is 310 g/mol. The van der Waals surface area contributed by atoms with Crippen molar-refractivity contribution in [3.05, 3.63) is 29.3 Å². The number of hydrogen-bond acceptors (Lipinski definition) is 3. The van der Waals surface area contributed by atoms with Gasteiger partial charge in [0, 0.05) is 18.6 Å². The molecular weight excluding hydrogens is 284 g/mol. The minimum absolute atomic E-state index is 0.104. The van der Waals surface area contributed by atoms with Gasteiger partial charge in [-0.2, -0.15) is 0 Å². The summed E-state index contributed by atoms with van der Waals surface area (Å²) < 4.78 is 28.0. The quantitative estimate of drug-likeness (QED) is 0.849. The molecule has 0 spiro atoms. The summed E-state index contributed by atoms with van der Waals surface area (Å²) in [5.74, 6) is 0. The molecular formula is C16H26N2O2S. The Hall–Kier alpha value is -0.910. The third-order valence-corrected chi connectivity index (χ3v) is 5.73. The number of nitrogens with one attached hydrogen (secondary N) is 2. The van der Waals surface area contributed by atoms with Gasteiger partial charge in [0.1, 0.15) is 0 Å². The molecule has 4 nitrogen and oxygen atoms in total. The number of sulfonamides is 1. The Morgan fingerprint density at radius 2 is 1.90 bits per heavy atom. The Labute approximate surface area is 128 Å². The van der Waals surface area contributed by atoms with E-state index >= 15 is 0 Å². The summed E-state index contributed by atoms with van der Waals surface area (Å²) in [6, 6.07) is 5.99. The summed E-state index contributed by atoms with van der Waals surface area (Å²) in [5.41, 5.74) is 1.88. The second-order valence-corrected chi connectivity index (χ2v) is 7.86. The predicted octanol–water partition coefficient (Wildman–Crippen LogP) is 2.71. The Morgan fingerprint density at radius 1 is 1.24 bits per heavy atom. The zero-order valence-electron chi connectivity index (χ0n) is 13.1. The van der Waals surface area contributed by atoms with Crippen LogP contribution in [0, 0.1) is 6.92 Å². The molecule has 2 N–H and O–H groups in total. The summed E-state index contributed by atoms with van der Waals surface area (Å²) in [6.07, 6.45) is 4.13. The predicted molar refractivity (Wildman–Crippen MR) is 85.7 cm³/mol. The lowest BCUT2D eigenvalue weighted by Crippen LogP contribution is -2.33. The first-order chi connectivity index (χ1) is 9.90. The molecule has 21 heavy (non-hydrogen) atoms. The molecule has 0 atom stereocenters. The monoisotopic (exact) mass is 310 g/mol. The number of hydrogen-bond donors (Lipinski definition) is 2. The first-order valence-corrected chi connectivity index (χ1v) is 9.22. The van der Waals surface area contributed by atoms with Crippen molar-refractivity contribution in [2.45, 2.75) is 70.0 Å². The fourth-order valence-corrected chi connectivity index (χ4v) is 4.38. The van der Waals surface area contributed by atoms with Crippen molar-refractivity contribution in [3.8, 4) is 0 Å². The van der Waals surface area contributed by atoms with Crippen molar-refractivity contribution >= 4 is 10.0 Å². The van der Waals surface area contributed by atoms with Crippen LogP contribution in [0.1, 0.15) is 50.7 Å². The van der Waals surface area contributed by atoms with Crippen molar-refractivity contribution in [1.82, 2.24) is 10.0 Å². The maximum absolute atomic E-state index is 12.6. The fourth-order valence-electron chi connectivity index (χ4n) is 2.78. The van der Waals surface area contributed by atoms with E-state index in [-0.39, 0.29) is 6.04 Å². The van der Waals surface area contributed by atoms with E-state index in [1.807, 2.05) is 19.1 Å². The first-order valence-electron chi connectivity index (χ1n) is 7.74. The van der Waals surface area contributed by atoms with Gasteiger partial charge in [-0.05, 0) is 37.0 Å². The molecule has 0 unspecified atom stereocenters. The van der Waals surface area contributed by atoms with E-state index in [9.17, 15) is 8.42 Å². The minimum Gasteiger partial charge on any atom is -0.310 e. The molecule has 2 rings (SSSR count). The Kier molecular flexibility index (Phi) is 5.41. The van der Waals surface area contributed by atoms with Crippen molar-refractivity contribution < 1.29 is 8.42 Å². The van der Waals surface area contributed by atoms with Gasteiger partial charge in [-0.3, -0.25) is 0 Å². The Morgan fingerprint density at radius 3 is 2.52 bits per heavy atom. The highest BCUT2D eigenvalue weighted by Gasteiger charge is 2.24. The number of benzene rings is 1. The summed E-state index contributed by atoms with van der Waals surface area (Å²) in [7, 11) is -3.41. The summed E-state index contributed by atoms with van der Waals surface area (Å²) in [6.45, 7) is 6.74. The largest absolute Gasteiger partial charge is 0.310 e. The minimum atomic E-state index is -3.41. The van der Waals surface area contributed by atoms with Gasteiger partial charge in [0.05, 0.1) is 4.90 Å². The maximum atomic E-state index is 12.6. The Bertz CT molecular complexity index is 576. The van der Waals surface area contributed by atoms with Gasteiger partial charge in [0.2, 0.25) is 10.0 Å². The van der Waals surface area contributed by atoms with Crippen LogP contribution >= 0.6 is 0 Å². The SMILES string of the molecule is Cc1c(CNC(C)C)cccc1S(=O)(=O)NC1CCCC1. The third kappa shape index (κ3) is 4.28. The van der Waals surface area contributed by atoms with Crippen LogP contribution in [-0.4, -0.2) is 20.5 Å². The highest BCUT2D eigenvalue weighted by molar-refractivity contribution is 7.89. The average Bonchev–Trinajstić information content (AvgIpc) is 2.89. The lowest BCUT2D eigenvalue weighted by atomic mass is 10.1. The van der Waals surface area contributed by atoms with Crippen LogP contribution in [0.5, 0.6) is 0 Å². The van der Waals surface area contributed by atoms with Crippen LogP contribution in [0.15, 0.2) is 23.1 Å². The van der Waals surface area contributed by atoms with Gasteiger partial charge in [-0.15, -0.1) is 0 Å². The van der Waals surface area contributed by atoms with Crippen molar-refractivity contribution in [3.63, 3.8) is 0 Å². The molecule has 1 aromatic rings. The van der Waals surface area contributed by atoms with E-state index in [4.69, 9.17) is 0 Å². The van der Waals surface area contributed by atoms with Crippen LogP contribution in [0.2, 0.25) is 0 Å². The number of rotatable bonds is 6. The molecule has 1 aliphatic rings. The molecule has 0 saturated heterocycles. The molecule has 0 amide bonds. The van der Waals surface area contributed by atoms with Gasteiger partial charge in [-0.25, -0.2) is 13.1 Å². The summed E-state index contributed by atoms with van der Waals surface area (Å²) in [5, 5.41) is 3.34. The van der Waals surface area contributed by atoms with Crippen LogP contribution < -0.4 is 10.0 Å². The molecule has 118 valence electrons. The molecule has 0 radical (unpaired) electrons. The lowest BCUT2D eigenvalue weighted by molar-refractivity contribution is 0.551. The van der Waals surface area contributed by atoms with Crippen molar-refractivity contribution in [1.29, 1.82) is 0 Å². The lowest BCUT2D eigenvalue weighted by Gasteiger charge is -2.17. The van der Waals surface area contributed by atoms with E-state index in [2.05, 4.69) is 23.9 Å². The van der Waals surface area contributed by atoms with E-state index in [0.29, 0.717) is 17.5 Å². The first kappa shape index (κ1) is 16.5. The second kappa shape index (κ2) is 6.90. The van der Waals surface area contributed by atoms with E-state index in [1.165, 1.54) is 0 Å². The molecule has 0 aliphatic heterocycles. The smallest absolute Gasteiger partial charge is 0.241 e. The topological polar surface area (TPSA) is 58.2 Å². The van der Waals surface area contributed by atoms with Gasteiger partial charge >= 0.3 is 0 Å². The standard InChI is InChI=1S/C16H26N2O2S/c1-12(2)17-11-14-7-6-10-16(13(14)3)21(19,20)18-15-8-4-5-9-15/h6-7,10,12,15,17-18H,4-5,8-9,11H2,1-3H3. The molecule has 1 fully saturated rings. The van der Waals surface area contributed by atoms with Gasteiger partial charge < -0.3 is 5.32 Å². The normalized spacial score (nSPS) is 16.8. The van der Waals surface area contributed by atoms with Gasteiger partial charge in [0.15, 0.2) is 0 Å². The van der Waals surface area contributed by atoms with Gasteiger partial charge in [0.25, 0.3) is 0 Å². The van der Waals surface area contributed by atoms with Crippen LogP contribution in [0.4, 0.5) is 0 Å². The van der Waals surface area contributed by atoms with E-state index in [0.717, 1.165) is 36.8 Å². The zero-order chi connectivity index (χ0) is 15.5. The second-order valence-electron chi connectivity index (χ2n) is 6.18. The van der Waals surface area contributed by atoms with Gasteiger partial charge in [-0.1, -0.05) is 38.8 Å². The molecule has 0 aromatic heterocycles. The van der Waals surface area contributed by atoms with Crippen LogP contribution in [0.3, 0.4) is 0 Å². The maximum Gasteiger partial charge on any atom is 0.241 e. The summed E-state index contributed by atoms with van der Waals surface area (Å²) >= 11 is 0. The molecule has 1 aliphatic carbocycles. The molecule has 1 aromatic carbocycles. The third-order valence-electron chi connectivity index (χ3n) is 4.06. The summed E-state index contributed by atoms with van der Waals surface area (Å²) in [4.78, 5) is 0.414. The van der Waals surface area contributed by atoms with Crippen LogP contribution in [0.25, 0.3) is 0 Å².